The molecule has 2 aliphatic rings. The molecule has 36 heavy (non-hydrogen) atoms. The van der Waals surface area contributed by atoms with Crippen LogP contribution in [0.15, 0.2) is 54.1 Å². The molecule has 0 saturated carbocycles. The molecule has 5 heteroatoms. The van der Waals surface area contributed by atoms with E-state index in [2.05, 4.69) is 38.2 Å². The molecule has 2 aliphatic heterocycles. The van der Waals surface area contributed by atoms with Crippen molar-refractivity contribution in [3.05, 3.63) is 65.2 Å². The number of anilines is 3. The summed E-state index contributed by atoms with van der Waals surface area (Å²) in [6, 6.07) is 14.1. The van der Waals surface area contributed by atoms with Gasteiger partial charge < -0.3 is 14.8 Å². The highest BCUT2D eigenvalue weighted by Crippen LogP contribution is 2.51. The van der Waals surface area contributed by atoms with E-state index in [1.807, 2.05) is 41.3 Å². The molecule has 5 nitrogen and oxygen atoms in total. The Morgan fingerprint density at radius 2 is 1.92 bits per heavy atom. The molecule has 2 heterocycles. The van der Waals surface area contributed by atoms with Gasteiger partial charge in [0.25, 0.3) is 5.91 Å². The predicted molar refractivity (Wildman–Crippen MR) is 147 cm³/mol. The van der Waals surface area contributed by atoms with Crippen LogP contribution in [-0.2, 0) is 19.9 Å². The quantitative estimate of drug-likeness (QED) is 0.265. The summed E-state index contributed by atoms with van der Waals surface area (Å²) >= 11 is 0. The zero-order chi connectivity index (χ0) is 25.5. The maximum Gasteiger partial charge on any atom is 0.268 e. The van der Waals surface area contributed by atoms with Gasteiger partial charge in [-0.3, -0.25) is 9.69 Å². The Kier molecular flexibility index (Phi) is 8.63. The van der Waals surface area contributed by atoms with Crippen molar-refractivity contribution in [3.63, 3.8) is 0 Å². The van der Waals surface area contributed by atoms with Gasteiger partial charge in [-0.05, 0) is 86.9 Å². The lowest BCUT2D eigenvalue weighted by molar-refractivity contribution is -0.149. The lowest BCUT2D eigenvalue weighted by Gasteiger charge is -2.33. The van der Waals surface area contributed by atoms with Crippen LogP contribution in [0, 0.1) is 0 Å². The summed E-state index contributed by atoms with van der Waals surface area (Å²) in [5.41, 5.74) is 4.95. The number of allylic oxidation sites excluding steroid dienone is 2. The van der Waals surface area contributed by atoms with Gasteiger partial charge in [-0.15, -0.1) is 0 Å². The monoisotopic (exact) mass is 488 g/mol. The van der Waals surface area contributed by atoms with E-state index in [-0.39, 0.29) is 11.8 Å². The molecule has 0 radical (unpaired) electrons. The summed E-state index contributed by atoms with van der Waals surface area (Å²) in [7, 11) is 0. The first-order valence-corrected chi connectivity index (χ1v) is 13.7. The third-order valence-corrected chi connectivity index (χ3v) is 7.47. The number of unbranched alkanes of at least 4 members (excludes halogenated alkanes) is 1. The van der Waals surface area contributed by atoms with Crippen LogP contribution in [0.3, 0.4) is 0 Å². The van der Waals surface area contributed by atoms with Crippen molar-refractivity contribution in [2.24, 2.45) is 0 Å². The first-order chi connectivity index (χ1) is 17.6. The summed E-state index contributed by atoms with van der Waals surface area (Å²) < 4.78 is 6.31. The zero-order valence-electron chi connectivity index (χ0n) is 22.0. The Morgan fingerprint density at radius 1 is 1.11 bits per heavy atom. The van der Waals surface area contributed by atoms with Gasteiger partial charge in [-0.2, -0.15) is 0 Å². The van der Waals surface area contributed by atoms with Crippen LogP contribution in [0.2, 0.25) is 0 Å². The highest BCUT2D eigenvalue weighted by molar-refractivity contribution is 6.12. The molecule has 2 unspecified atom stereocenters. The van der Waals surface area contributed by atoms with Crippen molar-refractivity contribution in [2.75, 3.05) is 23.4 Å². The average Bonchev–Trinajstić information content (AvgIpc) is 3.15. The Hall–Kier alpha value is -2.92. The molecule has 1 amide bonds. The molecule has 0 bridgehead atoms. The lowest BCUT2D eigenvalue weighted by Crippen LogP contribution is -2.43. The molecule has 1 fully saturated rings. The van der Waals surface area contributed by atoms with Gasteiger partial charge in [0.15, 0.2) is 5.60 Å². The summed E-state index contributed by atoms with van der Waals surface area (Å²) in [5, 5.41) is 3.39. The predicted octanol–water partition coefficient (Wildman–Crippen LogP) is 7.39. The normalized spacial score (nSPS) is 20.5. The van der Waals surface area contributed by atoms with Crippen LogP contribution in [0.1, 0.15) is 89.2 Å². The van der Waals surface area contributed by atoms with Gasteiger partial charge in [0.05, 0.1) is 5.69 Å². The number of ether oxygens (including phenoxy) is 1. The van der Waals surface area contributed by atoms with Crippen molar-refractivity contribution < 1.29 is 14.3 Å². The maximum atomic E-state index is 14.0. The van der Waals surface area contributed by atoms with E-state index in [0.717, 1.165) is 86.0 Å². The van der Waals surface area contributed by atoms with E-state index in [4.69, 9.17) is 4.74 Å². The molecule has 1 spiro atoms. The van der Waals surface area contributed by atoms with Crippen molar-refractivity contribution >= 4 is 29.3 Å². The third-order valence-electron chi connectivity index (χ3n) is 7.47. The molecule has 2 atom stereocenters. The molecular weight excluding hydrogens is 448 g/mol. The third kappa shape index (κ3) is 5.12. The highest BCUT2D eigenvalue weighted by atomic mass is 16.5. The Labute approximate surface area is 215 Å². The van der Waals surface area contributed by atoms with Crippen LogP contribution < -0.4 is 10.2 Å². The summed E-state index contributed by atoms with van der Waals surface area (Å²) in [5.74, 6) is -0.254. The molecule has 1 saturated heterocycles. The van der Waals surface area contributed by atoms with Crippen LogP contribution >= 0.6 is 0 Å². The number of nitrogens with one attached hydrogen (secondary N) is 1. The maximum absolute atomic E-state index is 14.0. The number of fused-ring (bicyclic) bond motifs is 2. The van der Waals surface area contributed by atoms with Crippen molar-refractivity contribution in [1.29, 1.82) is 0 Å². The smallest absolute Gasteiger partial charge is 0.268 e. The van der Waals surface area contributed by atoms with E-state index < -0.39 is 5.60 Å². The number of amides is 1. The topological polar surface area (TPSA) is 58.6 Å². The Balaban J connectivity index is 1.71. The summed E-state index contributed by atoms with van der Waals surface area (Å²) in [6.45, 7) is 7.94. The lowest BCUT2D eigenvalue weighted by atomic mass is 9.84. The second kappa shape index (κ2) is 11.9. The molecule has 0 aromatic heterocycles. The van der Waals surface area contributed by atoms with Crippen LogP contribution in [0.4, 0.5) is 17.1 Å². The summed E-state index contributed by atoms with van der Waals surface area (Å²) in [6.07, 6.45) is 10.7. The second-order valence-electron chi connectivity index (χ2n) is 9.97. The molecule has 1 N–H and O–H groups in total. The number of carbonyl (C=O) groups is 2. The van der Waals surface area contributed by atoms with Gasteiger partial charge >= 0.3 is 0 Å². The first-order valence-electron chi connectivity index (χ1n) is 13.7. The van der Waals surface area contributed by atoms with Gasteiger partial charge in [0, 0.05) is 36.0 Å². The first kappa shape index (κ1) is 26.2. The number of hydrogen-bond donors (Lipinski definition) is 1. The number of aldehydes is 1. The minimum atomic E-state index is -0.970. The molecule has 2 aromatic rings. The molecule has 2 aromatic carbocycles. The summed E-state index contributed by atoms with van der Waals surface area (Å²) in [4.78, 5) is 28.0. The minimum Gasteiger partial charge on any atom is -0.385 e. The van der Waals surface area contributed by atoms with Crippen LogP contribution in [-0.4, -0.2) is 25.3 Å². The van der Waals surface area contributed by atoms with E-state index >= 15 is 0 Å². The highest BCUT2D eigenvalue weighted by Gasteiger charge is 2.53. The average molecular weight is 489 g/mol. The Bertz CT molecular complexity index is 1080. The SMILES string of the molecule is CCCC=C(CC)CC(C=O)c1ccc2c(c1)C1(CCCCO1)C(=O)N2c1ccc(NCCC)cc1. The fourth-order valence-corrected chi connectivity index (χ4v) is 5.39. The number of rotatable bonds is 11. The molecular formula is C31H40N2O3. The number of hydrogen-bond acceptors (Lipinski definition) is 4. The molecule has 0 aliphatic carbocycles. The molecule has 4 rings (SSSR count). The van der Waals surface area contributed by atoms with Gasteiger partial charge in [0.2, 0.25) is 0 Å². The Morgan fingerprint density at radius 3 is 2.56 bits per heavy atom. The van der Waals surface area contributed by atoms with Crippen molar-refractivity contribution in [3.8, 4) is 0 Å². The largest absolute Gasteiger partial charge is 0.385 e. The number of nitrogens with zero attached hydrogens (tertiary/aromatic N) is 1. The zero-order valence-corrected chi connectivity index (χ0v) is 22.0. The fraction of sp³-hybridized carbons (Fsp3) is 0.484. The van der Waals surface area contributed by atoms with Crippen LogP contribution in [0.5, 0.6) is 0 Å². The van der Waals surface area contributed by atoms with E-state index in [1.165, 1.54) is 5.57 Å². The molecule has 192 valence electrons. The fourth-order valence-electron chi connectivity index (χ4n) is 5.39. The van der Waals surface area contributed by atoms with E-state index in [1.54, 1.807) is 0 Å². The number of carbonyl (C=O) groups excluding carboxylic acids is 2. The number of benzene rings is 2. The second-order valence-corrected chi connectivity index (χ2v) is 9.97. The minimum absolute atomic E-state index is 0.0247. The standard InChI is InChI=1S/C31H40N2O3/c1-4-7-10-23(6-3)20-25(22-34)24-11-16-29-28(21-24)31(17-8-9-19-36-31)30(35)33(29)27-14-12-26(13-15-27)32-18-5-2/h10-16,21-22,25,32H,4-9,17-20H2,1-3H3. The van der Waals surface area contributed by atoms with Crippen LogP contribution in [0.25, 0.3) is 0 Å². The van der Waals surface area contributed by atoms with Gasteiger partial charge in [-0.1, -0.05) is 44.9 Å². The van der Waals surface area contributed by atoms with Crippen molar-refractivity contribution in [2.45, 2.75) is 83.7 Å². The van der Waals surface area contributed by atoms with Gasteiger partial charge in [0.1, 0.15) is 6.29 Å². The van der Waals surface area contributed by atoms with E-state index in [0.29, 0.717) is 13.0 Å². The van der Waals surface area contributed by atoms with Gasteiger partial charge in [-0.25, -0.2) is 0 Å². The van der Waals surface area contributed by atoms with E-state index in [9.17, 15) is 9.59 Å². The van der Waals surface area contributed by atoms with Crippen molar-refractivity contribution in [1.82, 2.24) is 0 Å².